The number of hydrogen-bond acceptors (Lipinski definition) is 2. The van der Waals surface area contributed by atoms with E-state index in [0.29, 0.717) is 6.08 Å². The van der Waals surface area contributed by atoms with Gasteiger partial charge in [0.1, 0.15) is 5.83 Å². The largest absolute Gasteiger partial charge is 0.545 e. The van der Waals surface area contributed by atoms with Crippen molar-refractivity contribution >= 4 is 11.8 Å². The molecule has 0 aromatic heterocycles. The Morgan fingerprint density at radius 2 is 1.12 bits per heavy atom. The van der Waals surface area contributed by atoms with Gasteiger partial charge in [0.05, 0.1) is 5.97 Å². The minimum atomic E-state index is -1.53. The molecule has 0 atom stereocenters. The van der Waals surface area contributed by atoms with Gasteiger partial charge in [-0.25, -0.2) is 4.39 Å². The summed E-state index contributed by atoms with van der Waals surface area (Å²) in [6.45, 7) is 13.6. The van der Waals surface area contributed by atoms with Gasteiger partial charge >= 0.3 is 21.2 Å². The number of aliphatic carboxylic acids is 1. The molecule has 0 aliphatic heterocycles. The van der Waals surface area contributed by atoms with Crippen LogP contribution >= 0.6 is 0 Å². The summed E-state index contributed by atoms with van der Waals surface area (Å²) in [6, 6.07) is 26.3. The summed E-state index contributed by atoms with van der Waals surface area (Å²) < 4.78 is 15.8. The predicted octanol–water partition coefficient (Wildman–Crippen LogP) is 3.16. The molecule has 0 amide bonds. The van der Waals surface area contributed by atoms with Gasteiger partial charge < -0.3 is 9.90 Å². The van der Waals surface area contributed by atoms with Crippen LogP contribution in [0, 0.1) is 7.14 Å². The van der Waals surface area contributed by atoms with Gasteiger partial charge in [0.15, 0.2) is 7.14 Å². The normalized spacial score (nSPS) is 12.0. The van der Waals surface area contributed by atoms with Gasteiger partial charge in [-0.3, -0.25) is 0 Å². The Bertz CT molecular complexity index is 1000. The Balaban J connectivity index is 0.000000273. The molecule has 4 heteroatoms. The Morgan fingerprint density at radius 3 is 1.45 bits per heavy atom. The summed E-state index contributed by atoms with van der Waals surface area (Å²) in [5, 5.41) is 9.96. The maximum absolute atomic E-state index is 12.8. The van der Waals surface area contributed by atoms with Gasteiger partial charge in [-0.2, -0.15) is 0 Å². The maximum atomic E-state index is 12.8. The van der Waals surface area contributed by atoms with Gasteiger partial charge in [0.25, 0.3) is 0 Å². The molecular weight excluding hydrogens is 526 g/mol. The molecule has 0 saturated heterocycles. The fraction of sp³-hybridized carbons (Fsp3) is 0.276. The third-order valence-electron chi connectivity index (χ3n) is 4.93. The predicted molar refractivity (Wildman–Crippen MR) is 128 cm³/mol. The Morgan fingerprint density at radius 1 is 0.727 bits per heavy atom. The lowest BCUT2D eigenvalue weighted by Crippen LogP contribution is -3.61. The lowest BCUT2D eigenvalue weighted by molar-refractivity contribution is -0.597. The molecule has 0 spiro atoms. The Labute approximate surface area is 207 Å². The molecule has 0 aliphatic carbocycles. The molecule has 0 saturated carbocycles. The van der Waals surface area contributed by atoms with Crippen LogP contribution in [0.1, 0.15) is 58.2 Å². The van der Waals surface area contributed by atoms with E-state index in [9.17, 15) is 14.3 Å². The second kappa shape index (κ2) is 11.6. The fourth-order valence-electron chi connectivity index (χ4n) is 2.94. The van der Waals surface area contributed by atoms with E-state index < -0.39 is 11.8 Å². The average Bonchev–Trinajstić information content (AvgIpc) is 2.74. The van der Waals surface area contributed by atoms with Crippen LogP contribution in [0.5, 0.6) is 0 Å². The van der Waals surface area contributed by atoms with Crippen molar-refractivity contribution in [1.29, 1.82) is 0 Å². The standard InChI is InChI=1S/C20H26I.C9H7FO2/c1-19(2,3)15-7-11-17(12-8-15)21-18-13-9-16(10-14-18)20(4,5)6;10-8(6-9(11)12)7-4-2-1-3-5-7/h7-14H,1-6H3;1-6H,(H,11,12)/q+1;/p-1/b;8-6-. The van der Waals surface area contributed by atoms with E-state index in [4.69, 9.17) is 0 Å². The van der Waals surface area contributed by atoms with Crippen LogP contribution in [0.3, 0.4) is 0 Å². The topological polar surface area (TPSA) is 40.1 Å². The van der Waals surface area contributed by atoms with Crippen molar-refractivity contribution in [2.45, 2.75) is 52.4 Å². The summed E-state index contributed by atoms with van der Waals surface area (Å²) in [5.74, 6) is -2.33. The van der Waals surface area contributed by atoms with E-state index in [1.54, 1.807) is 18.2 Å². The second-order valence-corrected chi connectivity index (χ2v) is 12.8. The molecule has 0 bridgehead atoms. The Kier molecular flexibility index (Phi) is 9.41. The van der Waals surface area contributed by atoms with Gasteiger partial charge in [0, 0.05) is 5.56 Å². The summed E-state index contributed by atoms with van der Waals surface area (Å²) in [4.78, 5) is 9.96. The summed E-state index contributed by atoms with van der Waals surface area (Å²) >= 11 is -0.0703. The number of carbonyl (C=O) groups is 1. The van der Waals surface area contributed by atoms with Crippen LogP contribution in [-0.4, -0.2) is 5.97 Å². The number of benzene rings is 3. The van der Waals surface area contributed by atoms with Crippen LogP contribution in [0.25, 0.3) is 5.83 Å². The molecule has 33 heavy (non-hydrogen) atoms. The molecule has 174 valence electrons. The fourth-order valence-corrected chi connectivity index (χ4v) is 5.09. The molecule has 0 aliphatic rings. The van der Waals surface area contributed by atoms with Crippen LogP contribution in [-0.2, 0) is 15.6 Å². The lowest BCUT2D eigenvalue weighted by Gasteiger charge is -2.18. The van der Waals surface area contributed by atoms with Crippen LogP contribution in [0.4, 0.5) is 4.39 Å². The number of carboxylic acids is 1. The highest BCUT2D eigenvalue weighted by Gasteiger charge is 2.20. The third kappa shape index (κ3) is 9.12. The molecule has 0 fully saturated rings. The van der Waals surface area contributed by atoms with Gasteiger partial charge in [-0.05, 0) is 52.3 Å². The van der Waals surface area contributed by atoms with E-state index in [-0.39, 0.29) is 37.6 Å². The van der Waals surface area contributed by atoms with Crippen molar-refractivity contribution in [3.05, 3.63) is 109 Å². The number of halogens is 2. The van der Waals surface area contributed by atoms with Crippen molar-refractivity contribution in [2.75, 3.05) is 0 Å². The second-order valence-electron chi connectivity index (χ2n) is 9.79. The first kappa shape index (κ1) is 26.8. The van der Waals surface area contributed by atoms with Crippen molar-refractivity contribution < 1.29 is 35.5 Å². The number of carboxylic acid groups (broad SMARTS) is 1. The molecule has 0 N–H and O–H groups in total. The quantitative estimate of drug-likeness (QED) is 0.365. The first-order chi connectivity index (χ1) is 15.4. The summed E-state index contributed by atoms with van der Waals surface area (Å²) in [7, 11) is 0. The number of hydrogen-bond donors (Lipinski definition) is 0. The van der Waals surface area contributed by atoms with Crippen LogP contribution in [0.2, 0.25) is 0 Å². The highest BCUT2D eigenvalue weighted by atomic mass is 127. The van der Waals surface area contributed by atoms with E-state index in [2.05, 4.69) is 90.1 Å². The van der Waals surface area contributed by atoms with Gasteiger partial charge in [-0.1, -0.05) is 96.1 Å². The van der Waals surface area contributed by atoms with Crippen molar-refractivity contribution in [3.8, 4) is 0 Å². The zero-order valence-corrected chi connectivity index (χ0v) is 22.3. The van der Waals surface area contributed by atoms with Crippen molar-refractivity contribution in [1.82, 2.24) is 0 Å². The lowest BCUT2D eigenvalue weighted by atomic mass is 9.87. The van der Waals surface area contributed by atoms with Crippen LogP contribution in [0.15, 0.2) is 84.9 Å². The summed E-state index contributed by atoms with van der Waals surface area (Å²) in [6.07, 6.45) is 0.426. The molecular formula is C29H32FIO2. The average molecular weight is 558 g/mol. The van der Waals surface area contributed by atoms with Crippen LogP contribution < -0.4 is 26.3 Å². The minimum Gasteiger partial charge on any atom is -0.545 e. The first-order valence-electron chi connectivity index (χ1n) is 10.9. The van der Waals surface area contributed by atoms with Gasteiger partial charge in [0.2, 0.25) is 0 Å². The van der Waals surface area contributed by atoms with Gasteiger partial charge in [-0.15, -0.1) is 0 Å². The Hall–Kier alpha value is -2.47. The minimum absolute atomic E-state index is 0.0703. The molecule has 0 radical (unpaired) electrons. The number of rotatable bonds is 4. The highest BCUT2D eigenvalue weighted by molar-refractivity contribution is 5.86. The molecule has 3 aromatic rings. The molecule has 3 rings (SSSR count). The molecule has 0 unspecified atom stereocenters. The zero-order valence-electron chi connectivity index (χ0n) is 20.2. The van der Waals surface area contributed by atoms with Crippen molar-refractivity contribution in [2.24, 2.45) is 0 Å². The van der Waals surface area contributed by atoms with E-state index in [1.165, 1.54) is 30.4 Å². The molecule has 3 aromatic carbocycles. The van der Waals surface area contributed by atoms with E-state index in [1.807, 2.05) is 0 Å². The zero-order chi connectivity index (χ0) is 24.6. The maximum Gasteiger partial charge on any atom is 0.357 e. The highest BCUT2D eigenvalue weighted by Crippen LogP contribution is 2.22. The van der Waals surface area contributed by atoms with Crippen molar-refractivity contribution in [3.63, 3.8) is 0 Å². The monoisotopic (exact) mass is 558 g/mol. The first-order valence-corrected chi connectivity index (χ1v) is 13.0. The smallest absolute Gasteiger partial charge is 0.357 e. The third-order valence-corrected chi connectivity index (χ3v) is 7.62. The summed E-state index contributed by atoms with van der Waals surface area (Å²) in [5.41, 5.74) is 3.55. The molecule has 0 heterocycles. The molecule has 2 nitrogen and oxygen atoms in total. The number of carbonyl (C=O) groups excluding carboxylic acids is 1. The van der Waals surface area contributed by atoms with E-state index in [0.717, 1.165) is 0 Å². The van der Waals surface area contributed by atoms with E-state index >= 15 is 0 Å². The SMILES string of the molecule is CC(C)(C)c1ccc([I+]c2ccc(C(C)(C)C)cc2)cc1.O=C([O-])/C=C(\F)c1ccccc1.